The number of halogens is 2. The number of benzene rings is 1. The van der Waals surface area contributed by atoms with E-state index < -0.39 is 5.82 Å². The van der Waals surface area contributed by atoms with Gasteiger partial charge in [-0.05, 0) is 69.4 Å². The van der Waals surface area contributed by atoms with Gasteiger partial charge in [0, 0.05) is 58.9 Å². The minimum Gasteiger partial charge on any atom is -0.373 e. The number of hydrogen-bond acceptors (Lipinski definition) is 5. The van der Waals surface area contributed by atoms with Gasteiger partial charge in [-0.1, -0.05) is 11.6 Å². The summed E-state index contributed by atoms with van der Waals surface area (Å²) in [6, 6.07) is 8.11. The van der Waals surface area contributed by atoms with Crippen molar-refractivity contribution in [2.75, 3.05) is 6.61 Å². The first-order valence-electron chi connectivity index (χ1n) is 12.5. The molecule has 190 valence electrons. The number of hydrogen-bond donors (Lipinski definition) is 0. The van der Waals surface area contributed by atoms with Gasteiger partial charge in [0.05, 0.1) is 11.8 Å². The van der Waals surface area contributed by atoms with E-state index in [0.717, 1.165) is 18.4 Å². The van der Waals surface area contributed by atoms with Crippen LogP contribution in [0.2, 0.25) is 5.02 Å². The fourth-order valence-corrected chi connectivity index (χ4v) is 5.22. The second-order valence-electron chi connectivity index (χ2n) is 9.98. The van der Waals surface area contributed by atoms with E-state index >= 15 is 4.39 Å². The highest BCUT2D eigenvalue weighted by Crippen LogP contribution is 2.39. The van der Waals surface area contributed by atoms with Gasteiger partial charge in [-0.2, -0.15) is 0 Å². The van der Waals surface area contributed by atoms with E-state index in [9.17, 15) is 9.59 Å². The zero-order valence-electron chi connectivity index (χ0n) is 20.6. The fraction of sp³-hybridized carbons (Fsp3) is 0.357. The predicted octanol–water partition coefficient (Wildman–Crippen LogP) is 5.30. The summed E-state index contributed by atoms with van der Waals surface area (Å²) in [6.07, 6.45) is 6.79. The second-order valence-corrected chi connectivity index (χ2v) is 10.4. The number of fused-ring (bicyclic) bond motifs is 1. The van der Waals surface area contributed by atoms with Crippen LogP contribution in [0.15, 0.2) is 52.3 Å². The van der Waals surface area contributed by atoms with Gasteiger partial charge in [0.25, 0.3) is 11.1 Å². The van der Waals surface area contributed by atoms with Crippen LogP contribution in [0.4, 0.5) is 4.39 Å². The Labute approximate surface area is 217 Å². The summed E-state index contributed by atoms with van der Waals surface area (Å²) < 4.78 is 24.4. The highest BCUT2D eigenvalue weighted by molar-refractivity contribution is 6.30. The molecule has 37 heavy (non-hydrogen) atoms. The van der Waals surface area contributed by atoms with E-state index in [4.69, 9.17) is 21.3 Å². The van der Waals surface area contributed by atoms with Gasteiger partial charge in [0.1, 0.15) is 11.5 Å². The molecule has 1 saturated heterocycles. The van der Waals surface area contributed by atoms with E-state index in [2.05, 4.69) is 4.98 Å². The molecule has 1 saturated carbocycles. The van der Waals surface area contributed by atoms with Crippen molar-refractivity contribution in [3.05, 3.63) is 96.8 Å². The summed E-state index contributed by atoms with van der Waals surface area (Å²) in [5.74, 6) is -0.564. The van der Waals surface area contributed by atoms with Crippen LogP contribution in [-0.2, 0) is 4.74 Å². The third-order valence-electron chi connectivity index (χ3n) is 7.46. The van der Waals surface area contributed by atoms with E-state index in [1.54, 1.807) is 42.8 Å². The summed E-state index contributed by atoms with van der Waals surface area (Å²) in [5, 5.41) is 0.277. The summed E-state index contributed by atoms with van der Waals surface area (Å²) in [5.41, 5.74) is 3.37. The smallest absolute Gasteiger partial charge is 0.261 e. The standard InChI is InChI=1S/C28H26ClFN4O3/c1-15-16(2)31-27-26(21-7-4-19(29)12-22(21)30)32-23(14-34(27)28(15)36)17-9-10-37-24(11-17)18-3-8-25(35)33(13-18)20-5-6-20/h3-4,7-8,12-14,17,20,24H,5-6,9-11H2,1-2H3. The molecule has 6 rings (SSSR count). The molecule has 0 N–H and O–H groups in total. The maximum Gasteiger partial charge on any atom is 0.261 e. The maximum absolute atomic E-state index is 15.1. The average Bonchev–Trinajstić information content (AvgIpc) is 3.73. The third kappa shape index (κ3) is 4.38. The van der Waals surface area contributed by atoms with Gasteiger partial charge < -0.3 is 9.30 Å². The Balaban J connectivity index is 1.45. The van der Waals surface area contributed by atoms with Crippen LogP contribution in [0.3, 0.4) is 0 Å². The topological polar surface area (TPSA) is 78.5 Å². The van der Waals surface area contributed by atoms with Gasteiger partial charge in [0.15, 0.2) is 5.65 Å². The van der Waals surface area contributed by atoms with Crippen LogP contribution in [0, 0.1) is 19.7 Å². The van der Waals surface area contributed by atoms with E-state index in [1.807, 2.05) is 12.3 Å². The minimum absolute atomic E-state index is 0.00183. The normalized spacial score (nSPS) is 19.9. The number of nitrogens with zero attached hydrogens (tertiary/aromatic N) is 4. The SMILES string of the molecule is Cc1nc2c(-c3ccc(Cl)cc3F)nc(C3CCOC(c4ccc(=O)n(C5CC5)c4)C3)cn2c(=O)c1C. The second kappa shape index (κ2) is 9.19. The molecule has 0 amide bonds. The molecular weight excluding hydrogens is 495 g/mol. The fourth-order valence-electron chi connectivity index (χ4n) is 5.06. The van der Waals surface area contributed by atoms with Gasteiger partial charge in [-0.3, -0.25) is 14.0 Å². The Morgan fingerprint density at radius 1 is 1.05 bits per heavy atom. The Morgan fingerprint density at radius 3 is 2.62 bits per heavy atom. The monoisotopic (exact) mass is 520 g/mol. The van der Waals surface area contributed by atoms with E-state index in [0.29, 0.717) is 47.7 Å². The molecule has 3 aromatic heterocycles. The van der Waals surface area contributed by atoms with Crippen molar-refractivity contribution in [2.24, 2.45) is 0 Å². The molecular formula is C28H26ClFN4O3. The first kappa shape index (κ1) is 24.0. The first-order chi connectivity index (χ1) is 17.8. The molecule has 9 heteroatoms. The average molecular weight is 521 g/mol. The number of aromatic nitrogens is 4. The quantitative estimate of drug-likeness (QED) is 0.365. The van der Waals surface area contributed by atoms with Gasteiger partial charge in [-0.15, -0.1) is 0 Å². The van der Waals surface area contributed by atoms with Crippen LogP contribution < -0.4 is 11.1 Å². The minimum atomic E-state index is -0.529. The third-order valence-corrected chi connectivity index (χ3v) is 7.69. The Morgan fingerprint density at radius 2 is 1.86 bits per heavy atom. The van der Waals surface area contributed by atoms with Crippen molar-refractivity contribution in [3.8, 4) is 11.3 Å². The number of rotatable bonds is 4. The number of ether oxygens (including phenoxy) is 1. The first-order valence-corrected chi connectivity index (χ1v) is 12.9. The Hall–Kier alpha value is -3.36. The largest absolute Gasteiger partial charge is 0.373 e. The highest BCUT2D eigenvalue weighted by Gasteiger charge is 2.30. The molecule has 1 aliphatic carbocycles. The van der Waals surface area contributed by atoms with E-state index in [-0.39, 0.29) is 39.8 Å². The van der Waals surface area contributed by atoms with Crippen LogP contribution in [-0.4, -0.2) is 25.5 Å². The molecule has 2 fully saturated rings. The molecule has 2 unspecified atom stereocenters. The molecule has 2 aliphatic rings. The molecule has 1 aromatic carbocycles. The zero-order valence-corrected chi connectivity index (χ0v) is 21.3. The highest BCUT2D eigenvalue weighted by atomic mass is 35.5. The lowest BCUT2D eigenvalue weighted by atomic mass is 9.90. The lowest BCUT2D eigenvalue weighted by Gasteiger charge is -2.30. The van der Waals surface area contributed by atoms with Crippen molar-refractivity contribution in [2.45, 2.75) is 57.6 Å². The number of aryl methyl sites for hydroxylation is 1. The molecule has 0 spiro atoms. The maximum atomic E-state index is 15.1. The van der Waals surface area contributed by atoms with Crippen LogP contribution in [0.1, 0.15) is 66.3 Å². The number of pyridine rings is 1. The van der Waals surface area contributed by atoms with Gasteiger partial charge in [-0.25, -0.2) is 14.4 Å². The molecule has 1 aliphatic heterocycles. The molecule has 4 heterocycles. The summed E-state index contributed by atoms with van der Waals surface area (Å²) >= 11 is 6.00. The molecule has 0 bridgehead atoms. The van der Waals surface area contributed by atoms with Gasteiger partial charge in [0.2, 0.25) is 0 Å². The van der Waals surface area contributed by atoms with Crippen molar-refractivity contribution in [1.29, 1.82) is 0 Å². The molecule has 4 aromatic rings. The van der Waals surface area contributed by atoms with Gasteiger partial charge >= 0.3 is 0 Å². The van der Waals surface area contributed by atoms with Crippen LogP contribution >= 0.6 is 11.6 Å². The Kier molecular flexibility index (Phi) is 5.96. The van der Waals surface area contributed by atoms with Crippen molar-refractivity contribution < 1.29 is 9.13 Å². The lowest BCUT2D eigenvalue weighted by Crippen LogP contribution is -2.25. The van der Waals surface area contributed by atoms with Crippen LogP contribution in [0.25, 0.3) is 16.9 Å². The van der Waals surface area contributed by atoms with E-state index in [1.165, 1.54) is 10.5 Å². The van der Waals surface area contributed by atoms with Crippen LogP contribution in [0.5, 0.6) is 0 Å². The zero-order chi connectivity index (χ0) is 25.8. The summed E-state index contributed by atoms with van der Waals surface area (Å²) in [4.78, 5) is 35.0. The Bertz CT molecular complexity index is 1660. The molecule has 2 atom stereocenters. The van der Waals surface area contributed by atoms with Crippen molar-refractivity contribution in [1.82, 2.24) is 18.9 Å². The molecule has 0 radical (unpaired) electrons. The molecule has 7 nitrogen and oxygen atoms in total. The summed E-state index contributed by atoms with van der Waals surface area (Å²) in [6.45, 7) is 4.00. The van der Waals surface area contributed by atoms with Crippen molar-refractivity contribution >= 4 is 17.2 Å². The summed E-state index contributed by atoms with van der Waals surface area (Å²) in [7, 11) is 0. The lowest BCUT2D eigenvalue weighted by molar-refractivity contribution is 0.00418. The predicted molar refractivity (Wildman–Crippen MR) is 139 cm³/mol. The van der Waals surface area contributed by atoms with Crippen molar-refractivity contribution in [3.63, 3.8) is 0 Å².